The van der Waals surface area contributed by atoms with Crippen molar-refractivity contribution < 1.29 is 4.79 Å². The van der Waals surface area contributed by atoms with Crippen molar-refractivity contribution in [3.63, 3.8) is 0 Å². The lowest BCUT2D eigenvalue weighted by molar-refractivity contribution is -0.136. The highest BCUT2D eigenvalue weighted by Crippen LogP contribution is 2.21. The fourth-order valence-electron chi connectivity index (χ4n) is 3.81. The van der Waals surface area contributed by atoms with Gasteiger partial charge in [-0.1, -0.05) is 30.3 Å². The molecule has 0 aliphatic carbocycles. The number of piperidine rings is 1. The van der Waals surface area contributed by atoms with E-state index >= 15 is 0 Å². The maximum Gasteiger partial charge on any atom is 0.226 e. The molecule has 120 valence electrons. The molecule has 2 heterocycles. The van der Waals surface area contributed by atoms with Crippen LogP contribution in [0.4, 0.5) is 0 Å². The monoisotopic (exact) mass is 300 g/mol. The van der Waals surface area contributed by atoms with Gasteiger partial charge in [-0.25, -0.2) is 0 Å². The van der Waals surface area contributed by atoms with E-state index in [0.29, 0.717) is 5.91 Å². The third kappa shape index (κ3) is 4.10. The third-order valence-corrected chi connectivity index (χ3v) is 5.06. The molecule has 3 heteroatoms. The van der Waals surface area contributed by atoms with Gasteiger partial charge in [0.15, 0.2) is 0 Å². The molecule has 0 saturated carbocycles. The number of aryl methyl sites for hydroxylation is 1. The lowest BCUT2D eigenvalue weighted by atomic mass is 9.96. The van der Waals surface area contributed by atoms with Crippen molar-refractivity contribution in [2.75, 3.05) is 32.7 Å². The van der Waals surface area contributed by atoms with E-state index < -0.39 is 0 Å². The summed E-state index contributed by atoms with van der Waals surface area (Å²) in [5.41, 5.74) is 1.42. The molecule has 2 saturated heterocycles. The molecule has 22 heavy (non-hydrogen) atoms. The Bertz CT molecular complexity index is 468. The summed E-state index contributed by atoms with van der Waals surface area (Å²) in [7, 11) is 0. The van der Waals surface area contributed by atoms with Gasteiger partial charge in [0.1, 0.15) is 0 Å². The molecular formula is C19H28N2O. The summed E-state index contributed by atoms with van der Waals surface area (Å²) in [4.78, 5) is 17.1. The van der Waals surface area contributed by atoms with E-state index in [0.717, 1.165) is 39.0 Å². The summed E-state index contributed by atoms with van der Waals surface area (Å²) in [6.07, 6.45) is 6.98. The summed E-state index contributed by atoms with van der Waals surface area (Å²) in [6.45, 7) is 5.24. The van der Waals surface area contributed by atoms with Crippen molar-refractivity contribution in [3.05, 3.63) is 35.9 Å². The van der Waals surface area contributed by atoms with Crippen molar-refractivity contribution in [2.45, 2.75) is 38.5 Å². The molecule has 1 aromatic carbocycles. The first kappa shape index (κ1) is 15.5. The average Bonchev–Trinajstić information content (AvgIpc) is 3.10. The van der Waals surface area contributed by atoms with Crippen molar-refractivity contribution >= 4 is 5.91 Å². The topological polar surface area (TPSA) is 23.6 Å². The van der Waals surface area contributed by atoms with Gasteiger partial charge in [0.05, 0.1) is 5.92 Å². The van der Waals surface area contributed by atoms with Crippen LogP contribution in [-0.2, 0) is 11.2 Å². The third-order valence-electron chi connectivity index (χ3n) is 5.06. The zero-order valence-electron chi connectivity index (χ0n) is 13.5. The lowest BCUT2D eigenvalue weighted by Crippen LogP contribution is -2.44. The van der Waals surface area contributed by atoms with E-state index in [4.69, 9.17) is 0 Å². The molecule has 0 spiro atoms. The first-order valence-corrected chi connectivity index (χ1v) is 8.88. The molecule has 1 aromatic rings. The van der Waals surface area contributed by atoms with Crippen LogP contribution in [0.3, 0.4) is 0 Å². The van der Waals surface area contributed by atoms with Crippen molar-refractivity contribution in [3.8, 4) is 0 Å². The molecule has 2 aliphatic rings. The second-order valence-corrected chi connectivity index (χ2v) is 6.76. The van der Waals surface area contributed by atoms with Crippen molar-refractivity contribution in [2.24, 2.45) is 5.92 Å². The Morgan fingerprint density at radius 3 is 2.59 bits per heavy atom. The molecule has 2 aliphatic heterocycles. The number of nitrogens with zero attached hydrogens (tertiary/aromatic N) is 2. The van der Waals surface area contributed by atoms with Crippen LogP contribution in [0.1, 0.15) is 37.7 Å². The maximum absolute atomic E-state index is 12.5. The Morgan fingerprint density at radius 1 is 1.05 bits per heavy atom. The Balaban J connectivity index is 1.43. The lowest BCUT2D eigenvalue weighted by Gasteiger charge is -2.33. The van der Waals surface area contributed by atoms with Gasteiger partial charge < -0.3 is 9.80 Å². The highest BCUT2D eigenvalue weighted by atomic mass is 16.2. The number of carbonyl (C=O) groups excluding carboxylic acids is 1. The first-order valence-electron chi connectivity index (χ1n) is 8.88. The molecule has 2 fully saturated rings. The maximum atomic E-state index is 12.5. The summed E-state index contributed by atoms with van der Waals surface area (Å²) in [5.74, 6) is 0.675. The number of hydrogen-bond donors (Lipinski definition) is 0. The average molecular weight is 300 g/mol. The zero-order chi connectivity index (χ0) is 15.2. The Kier molecular flexibility index (Phi) is 5.49. The molecule has 1 unspecified atom stereocenters. The van der Waals surface area contributed by atoms with Crippen LogP contribution in [0.15, 0.2) is 30.3 Å². The van der Waals surface area contributed by atoms with Gasteiger partial charge >= 0.3 is 0 Å². The smallest absolute Gasteiger partial charge is 0.226 e. The van der Waals surface area contributed by atoms with E-state index in [1.807, 2.05) is 0 Å². The van der Waals surface area contributed by atoms with Crippen LogP contribution < -0.4 is 0 Å². The van der Waals surface area contributed by atoms with Crippen LogP contribution in [0.2, 0.25) is 0 Å². The van der Waals surface area contributed by atoms with Crippen LogP contribution in [0.25, 0.3) is 0 Å². The number of hydrogen-bond acceptors (Lipinski definition) is 2. The first-order chi connectivity index (χ1) is 10.8. The standard InChI is InChI=1S/C19H28N2O/c22-19(21-14-4-5-15-21)18-11-7-13-20(16-18)12-6-10-17-8-2-1-3-9-17/h1-3,8-9,18H,4-7,10-16H2. The van der Waals surface area contributed by atoms with Gasteiger partial charge in [-0.15, -0.1) is 0 Å². The Labute approximate surface area is 134 Å². The number of carbonyl (C=O) groups is 1. The summed E-state index contributed by atoms with van der Waals surface area (Å²) >= 11 is 0. The van der Waals surface area contributed by atoms with Gasteiger partial charge in [-0.3, -0.25) is 4.79 Å². The molecule has 1 atom stereocenters. The van der Waals surface area contributed by atoms with E-state index in [-0.39, 0.29) is 5.92 Å². The fraction of sp³-hybridized carbons (Fsp3) is 0.632. The van der Waals surface area contributed by atoms with Crippen LogP contribution in [-0.4, -0.2) is 48.4 Å². The fourth-order valence-corrected chi connectivity index (χ4v) is 3.81. The molecule has 0 aromatic heterocycles. The molecule has 3 nitrogen and oxygen atoms in total. The summed E-state index contributed by atoms with van der Waals surface area (Å²) < 4.78 is 0. The number of likely N-dealkylation sites (tertiary alicyclic amines) is 2. The SMILES string of the molecule is O=C(C1CCCN(CCCc2ccccc2)C1)N1CCCC1. The summed E-state index contributed by atoms with van der Waals surface area (Å²) in [5, 5.41) is 0. The van der Waals surface area contributed by atoms with Crippen LogP contribution in [0.5, 0.6) is 0 Å². The van der Waals surface area contributed by atoms with Crippen molar-refractivity contribution in [1.29, 1.82) is 0 Å². The quantitative estimate of drug-likeness (QED) is 0.834. The van der Waals surface area contributed by atoms with Gasteiger partial charge in [0.25, 0.3) is 0 Å². The minimum atomic E-state index is 0.253. The molecular weight excluding hydrogens is 272 g/mol. The van der Waals surface area contributed by atoms with E-state index in [1.165, 1.54) is 37.8 Å². The second kappa shape index (κ2) is 7.77. The van der Waals surface area contributed by atoms with Gasteiger partial charge in [-0.2, -0.15) is 0 Å². The van der Waals surface area contributed by atoms with Gasteiger partial charge in [0, 0.05) is 19.6 Å². The van der Waals surface area contributed by atoms with Crippen LogP contribution in [0, 0.1) is 5.92 Å². The predicted molar refractivity (Wildman–Crippen MR) is 89.7 cm³/mol. The van der Waals surface area contributed by atoms with Crippen LogP contribution >= 0.6 is 0 Å². The van der Waals surface area contributed by atoms with Gasteiger partial charge in [-0.05, 0) is 57.2 Å². The minimum absolute atomic E-state index is 0.253. The highest BCUT2D eigenvalue weighted by Gasteiger charge is 2.30. The number of amides is 1. The Morgan fingerprint density at radius 2 is 1.82 bits per heavy atom. The molecule has 3 rings (SSSR count). The number of benzene rings is 1. The molecule has 0 bridgehead atoms. The zero-order valence-corrected chi connectivity index (χ0v) is 13.5. The van der Waals surface area contributed by atoms with E-state index in [1.54, 1.807) is 0 Å². The van der Waals surface area contributed by atoms with Crippen molar-refractivity contribution in [1.82, 2.24) is 9.80 Å². The normalized spacial score (nSPS) is 22.9. The second-order valence-electron chi connectivity index (χ2n) is 6.76. The number of rotatable bonds is 5. The van der Waals surface area contributed by atoms with Gasteiger partial charge in [0.2, 0.25) is 5.91 Å². The summed E-state index contributed by atoms with van der Waals surface area (Å²) in [6, 6.07) is 10.7. The van der Waals surface area contributed by atoms with E-state index in [2.05, 4.69) is 40.1 Å². The molecule has 1 amide bonds. The largest absolute Gasteiger partial charge is 0.342 e. The Hall–Kier alpha value is -1.35. The molecule has 0 N–H and O–H groups in total. The van der Waals surface area contributed by atoms with E-state index in [9.17, 15) is 4.79 Å². The predicted octanol–water partition coefficient (Wildman–Crippen LogP) is 2.95. The minimum Gasteiger partial charge on any atom is -0.342 e. The highest BCUT2D eigenvalue weighted by molar-refractivity contribution is 5.79. The molecule has 0 radical (unpaired) electrons.